The van der Waals surface area contributed by atoms with Gasteiger partial charge < -0.3 is 15.6 Å². The van der Waals surface area contributed by atoms with Crippen LogP contribution in [0.5, 0.6) is 0 Å². The highest BCUT2D eigenvalue weighted by Crippen LogP contribution is 2.25. The number of carbonyl (C=O) groups is 2. The van der Waals surface area contributed by atoms with Gasteiger partial charge in [-0.3, -0.25) is 0 Å². The van der Waals surface area contributed by atoms with Crippen molar-refractivity contribution in [2.45, 2.75) is 9.79 Å². The van der Waals surface area contributed by atoms with Gasteiger partial charge in [0.25, 0.3) is 9.05 Å². The summed E-state index contributed by atoms with van der Waals surface area (Å²) >= 11 is 1.95. The summed E-state index contributed by atoms with van der Waals surface area (Å²) in [5.74, 6) is -1.40. The predicted molar refractivity (Wildman–Crippen MR) is 101 cm³/mol. The van der Waals surface area contributed by atoms with E-state index < -0.39 is 31.0 Å². The molecule has 0 aromatic carbocycles. The van der Waals surface area contributed by atoms with Crippen molar-refractivity contribution in [1.29, 1.82) is 0 Å². The van der Waals surface area contributed by atoms with Crippen LogP contribution in [0.4, 0.5) is 0 Å². The number of methoxy groups -OCH3 is 2. The quantitative estimate of drug-likeness (QED) is 0.488. The second kappa shape index (κ2) is 10.1. The van der Waals surface area contributed by atoms with Crippen LogP contribution in [-0.4, -0.2) is 43.0 Å². The summed E-state index contributed by atoms with van der Waals surface area (Å²) in [6.07, 6.45) is 0. The van der Waals surface area contributed by atoms with Crippen LogP contribution in [-0.2, 0) is 28.5 Å². The lowest BCUT2D eigenvalue weighted by molar-refractivity contribution is 0.0593. The zero-order valence-electron chi connectivity index (χ0n) is 13.9. The van der Waals surface area contributed by atoms with E-state index in [1.54, 1.807) is 0 Å². The largest absolute Gasteiger partial charge is 0.465 e. The van der Waals surface area contributed by atoms with Crippen molar-refractivity contribution in [2.75, 3.05) is 14.2 Å². The van der Waals surface area contributed by atoms with Gasteiger partial charge in [0, 0.05) is 10.7 Å². The van der Waals surface area contributed by atoms with Crippen LogP contribution in [0, 0.1) is 0 Å². The number of hydrogen-bond donors (Lipinski definition) is 2. The molecular weight excluding hydrogens is 464 g/mol. The van der Waals surface area contributed by atoms with Gasteiger partial charge in [0.1, 0.15) is 19.5 Å². The first kappa shape index (κ1) is 25.4. The van der Waals surface area contributed by atoms with Gasteiger partial charge in [-0.15, -0.1) is 22.7 Å². The van der Waals surface area contributed by atoms with Crippen molar-refractivity contribution in [3.63, 3.8) is 0 Å². The number of rotatable bonds is 4. The fourth-order valence-electron chi connectivity index (χ4n) is 1.49. The highest BCUT2D eigenvalue weighted by molar-refractivity contribution is 8.13. The molecule has 152 valence electrons. The Labute approximate surface area is 167 Å². The lowest BCUT2D eigenvalue weighted by atomic mass is 10.5. The van der Waals surface area contributed by atoms with Crippen molar-refractivity contribution in [2.24, 2.45) is 5.14 Å². The van der Waals surface area contributed by atoms with E-state index in [0.29, 0.717) is 0 Å². The van der Waals surface area contributed by atoms with Gasteiger partial charge in [-0.1, -0.05) is 0 Å². The molecule has 10 nitrogen and oxygen atoms in total. The van der Waals surface area contributed by atoms with Crippen molar-refractivity contribution < 1.29 is 35.9 Å². The minimum atomic E-state index is -3.86. The maximum absolute atomic E-state index is 11.0. The van der Waals surface area contributed by atoms with Crippen molar-refractivity contribution in [3.8, 4) is 0 Å². The molecule has 2 heterocycles. The average molecular weight is 479 g/mol. The molecule has 27 heavy (non-hydrogen) atoms. The zero-order chi connectivity index (χ0) is 20.1. The van der Waals surface area contributed by atoms with Crippen LogP contribution in [0.1, 0.15) is 19.3 Å². The van der Waals surface area contributed by atoms with Crippen molar-refractivity contribution in [3.05, 3.63) is 32.6 Å². The molecule has 0 saturated heterocycles. The summed E-state index contributed by atoms with van der Waals surface area (Å²) in [7, 11) is -0.273. The Morgan fingerprint density at radius 1 is 0.926 bits per heavy atom. The number of sulfonamides is 1. The highest BCUT2D eigenvalue weighted by Gasteiger charge is 2.22. The molecule has 0 aliphatic heterocycles. The normalized spacial score (nSPS) is 10.8. The first-order valence-electron chi connectivity index (χ1n) is 6.22. The van der Waals surface area contributed by atoms with E-state index in [-0.39, 0.29) is 25.7 Å². The Morgan fingerprint density at radius 2 is 1.30 bits per heavy atom. The lowest BCUT2D eigenvalue weighted by Crippen LogP contribution is -2.15. The first-order chi connectivity index (χ1) is 11.9. The van der Waals surface area contributed by atoms with E-state index in [0.717, 1.165) is 22.7 Å². The summed E-state index contributed by atoms with van der Waals surface area (Å²) in [6, 6.07) is 2.53. The Bertz CT molecular complexity index is 928. The minimum absolute atomic E-state index is 0. The first-order valence-corrected chi connectivity index (χ1v) is 11.8. The van der Waals surface area contributed by atoms with Gasteiger partial charge in [-0.05, 0) is 22.9 Å². The van der Waals surface area contributed by atoms with Crippen LogP contribution in [0.25, 0.3) is 0 Å². The van der Waals surface area contributed by atoms with E-state index >= 15 is 0 Å². The van der Waals surface area contributed by atoms with Gasteiger partial charge in [0.2, 0.25) is 10.0 Å². The van der Waals surface area contributed by atoms with Crippen LogP contribution >= 0.6 is 33.4 Å². The van der Waals surface area contributed by atoms with Crippen LogP contribution in [0.2, 0.25) is 0 Å². The third-order valence-electron chi connectivity index (χ3n) is 2.57. The van der Waals surface area contributed by atoms with Gasteiger partial charge >= 0.3 is 11.9 Å². The Balaban J connectivity index is 0.000000483. The second-order valence-corrected chi connectivity index (χ2v) is 10.1. The molecule has 5 N–H and O–H groups in total. The van der Waals surface area contributed by atoms with Gasteiger partial charge in [0.05, 0.1) is 14.2 Å². The van der Waals surface area contributed by atoms with E-state index in [2.05, 4.69) is 9.47 Å². The monoisotopic (exact) mass is 478 g/mol. The molecule has 2 aromatic heterocycles. The molecular formula is C12H15ClN2O8S4. The third kappa shape index (κ3) is 6.84. The predicted octanol–water partition coefficient (Wildman–Crippen LogP) is 1.81. The molecule has 0 saturated carbocycles. The molecule has 0 atom stereocenters. The van der Waals surface area contributed by atoms with Crippen molar-refractivity contribution >= 4 is 64.4 Å². The number of primary sulfonamides is 1. The lowest BCUT2D eigenvalue weighted by Gasteiger charge is -1.98. The topological polar surface area (TPSA) is 182 Å². The summed E-state index contributed by atoms with van der Waals surface area (Å²) in [5.41, 5.74) is 0. The molecule has 0 bridgehead atoms. The second-order valence-electron chi connectivity index (χ2n) is 4.19. The van der Waals surface area contributed by atoms with E-state index in [4.69, 9.17) is 15.8 Å². The number of hydrogen-bond acceptors (Lipinski definition) is 11. The molecule has 0 radical (unpaired) electrons. The third-order valence-corrected chi connectivity index (χ3v) is 6.93. The molecule has 0 fully saturated rings. The minimum Gasteiger partial charge on any atom is -0.465 e. The van der Waals surface area contributed by atoms with E-state index in [1.807, 2.05) is 0 Å². The number of thiophene rings is 2. The molecule has 2 aromatic rings. The Kier molecular flexibility index (Phi) is 9.54. The van der Waals surface area contributed by atoms with Gasteiger partial charge in [-0.25, -0.2) is 31.6 Å². The molecule has 0 spiro atoms. The molecule has 2 rings (SSSR count). The SMILES string of the molecule is COC(=O)c1sccc1S(=O)(=O)Cl.COC(=O)c1sccc1S(N)(=O)=O.N. The number of esters is 2. The molecule has 0 unspecified atom stereocenters. The summed E-state index contributed by atoms with van der Waals surface area (Å²) in [5, 5.41) is 7.79. The number of halogens is 1. The Hall–Kier alpha value is -1.55. The fourth-order valence-corrected chi connectivity index (χ4v) is 5.70. The summed E-state index contributed by atoms with van der Waals surface area (Å²) in [4.78, 5) is 21.6. The Morgan fingerprint density at radius 3 is 1.63 bits per heavy atom. The van der Waals surface area contributed by atoms with Gasteiger partial charge in [0.15, 0.2) is 0 Å². The van der Waals surface area contributed by atoms with Gasteiger partial charge in [-0.2, -0.15) is 0 Å². The number of nitrogens with two attached hydrogens (primary N) is 1. The van der Waals surface area contributed by atoms with Crippen LogP contribution < -0.4 is 11.3 Å². The smallest absolute Gasteiger partial charge is 0.349 e. The van der Waals surface area contributed by atoms with E-state index in [1.165, 1.54) is 37.1 Å². The zero-order valence-corrected chi connectivity index (χ0v) is 17.9. The van der Waals surface area contributed by atoms with Crippen LogP contribution in [0.3, 0.4) is 0 Å². The summed E-state index contributed by atoms with van der Waals surface area (Å²) in [6.45, 7) is 0. The van der Waals surface area contributed by atoms with E-state index in [9.17, 15) is 26.4 Å². The number of ether oxygens (including phenoxy) is 2. The number of carbonyl (C=O) groups excluding carboxylic acids is 2. The molecule has 0 aliphatic rings. The van der Waals surface area contributed by atoms with Crippen LogP contribution in [0.15, 0.2) is 32.7 Å². The molecule has 0 amide bonds. The fraction of sp³-hybridized carbons (Fsp3) is 0.167. The molecule has 0 aliphatic carbocycles. The standard InChI is InChI=1S/C6H5ClO4S2.C6H7NO4S2.H3N/c2*1-11-6(8)5-4(2-3-12-5)13(7,9)10;/h2-3H,1H3;2-3H,1H3,(H2,7,9,10);1H3. The summed E-state index contributed by atoms with van der Waals surface area (Å²) < 4.78 is 52.4. The maximum Gasteiger partial charge on any atom is 0.349 e. The van der Waals surface area contributed by atoms with Crippen molar-refractivity contribution in [1.82, 2.24) is 6.15 Å². The molecule has 15 heteroatoms. The highest BCUT2D eigenvalue weighted by atomic mass is 35.7. The average Bonchev–Trinajstić information content (AvgIpc) is 3.21. The maximum atomic E-state index is 11.0.